The number of benzene rings is 1. The number of carbonyl (C=O) groups excluding carboxylic acids is 1. The average Bonchev–Trinajstić information content (AvgIpc) is 2.42. The largest absolute Gasteiger partial charge is 0.328 e. The van der Waals surface area contributed by atoms with Crippen molar-refractivity contribution >= 4 is 22.7 Å². The van der Waals surface area contributed by atoms with E-state index in [4.69, 9.17) is 4.99 Å². The first-order valence-electron chi connectivity index (χ1n) is 6.18. The van der Waals surface area contributed by atoms with Crippen molar-refractivity contribution in [2.24, 2.45) is 4.99 Å². The Morgan fingerprint density at radius 1 is 1.32 bits per heavy atom. The highest BCUT2D eigenvalue weighted by Gasteiger charge is 2.29. The van der Waals surface area contributed by atoms with Gasteiger partial charge in [-0.1, -0.05) is 42.1 Å². The Morgan fingerprint density at radius 2 is 1.95 bits per heavy atom. The van der Waals surface area contributed by atoms with Crippen LogP contribution in [0.4, 0.5) is 0 Å². The van der Waals surface area contributed by atoms with Gasteiger partial charge in [0.2, 0.25) is 0 Å². The summed E-state index contributed by atoms with van der Waals surface area (Å²) in [5.41, 5.74) is 2.83. The van der Waals surface area contributed by atoms with Crippen LogP contribution < -0.4 is 0 Å². The van der Waals surface area contributed by atoms with Gasteiger partial charge in [0.05, 0.1) is 0 Å². The molecule has 1 aliphatic rings. The van der Waals surface area contributed by atoms with Crippen molar-refractivity contribution < 1.29 is 4.79 Å². The van der Waals surface area contributed by atoms with E-state index in [0.29, 0.717) is 0 Å². The Hall–Kier alpha value is -1.55. The smallest absolute Gasteiger partial charge is 0.163 e. The molecule has 0 spiro atoms. The van der Waals surface area contributed by atoms with E-state index < -0.39 is 0 Å². The topological polar surface area (TPSA) is 32.7 Å². The Morgan fingerprint density at radius 3 is 2.47 bits per heavy atom. The Balaban J connectivity index is 2.55. The SMILES string of the molecule is CSC1=N[C@@H](c2ccccc2)C(C(C)=O)=C(C)N1C. The fraction of sp³-hybridized carbons (Fsp3) is 0.333. The number of amidine groups is 1. The zero-order valence-electron chi connectivity index (χ0n) is 11.7. The molecule has 0 unspecified atom stereocenters. The summed E-state index contributed by atoms with van der Waals surface area (Å²) in [6.45, 7) is 3.60. The van der Waals surface area contributed by atoms with Crippen LogP contribution in [-0.2, 0) is 4.79 Å². The van der Waals surface area contributed by atoms with Crippen molar-refractivity contribution in [2.75, 3.05) is 13.3 Å². The van der Waals surface area contributed by atoms with Crippen molar-refractivity contribution in [1.29, 1.82) is 0 Å². The van der Waals surface area contributed by atoms with Gasteiger partial charge in [0, 0.05) is 18.3 Å². The molecule has 1 heterocycles. The van der Waals surface area contributed by atoms with E-state index in [1.165, 1.54) is 0 Å². The van der Waals surface area contributed by atoms with Gasteiger partial charge in [0.25, 0.3) is 0 Å². The molecule has 0 bridgehead atoms. The number of carbonyl (C=O) groups is 1. The molecule has 0 saturated carbocycles. The maximum atomic E-state index is 12.0. The summed E-state index contributed by atoms with van der Waals surface area (Å²) in [7, 11) is 1.95. The minimum absolute atomic E-state index is 0.0853. The first-order valence-corrected chi connectivity index (χ1v) is 7.41. The number of nitrogens with zero attached hydrogens (tertiary/aromatic N) is 2. The van der Waals surface area contributed by atoms with Gasteiger partial charge in [-0.05, 0) is 25.7 Å². The lowest BCUT2D eigenvalue weighted by molar-refractivity contribution is -0.114. The molecule has 2 rings (SSSR count). The molecule has 0 saturated heterocycles. The fourth-order valence-electron chi connectivity index (χ4n) is 2.30. The first-order chi connectivity index (χ1) is 9.06. The molecular weight excluding hydrogens is 256 g/mol. The van der Waals surface area contributed by atoms with Crippen LogP contribution in [-0.4, -0.2) is 29.2 Å². The number of hydrogen-bond donors (Lipinski definition) is 0. The predicted octanol–water partition coefficient (Wildman–Crippen LogP) is 3.26. The number of hydrogen-bond acceptors (Lipinski definition) is 4. The van der Waals surface area contributed by atoms with Crippen molar-refractivity contribution in [3.05, 3.63) is 47.2 Å². The molecule has 100 valence electrons. The van der Waals surface area contributed by atoms with Gasteiger partial charge in [0.1, 0.15) is 6.04 Å². The number of thioether (sulfide) groups is 1. The van der Waals surface area contributed by atoms with Gasteiger partial charge in [-0.25, -0.2) is 4.99 Å². The number of rotatable bonds is 2. The van der Waals surface area contributed by atoms with Crippen LogP contribution >= 0.6 is 11.8 Å². The summed E-state index contributed by atoms with van der Waals surface area (Å²) in [5, 5.41) is 0.941. The number of Topliss-reactive ketones (excluding diaryl/α,β-unsaturated/α-hetero) is 1. The molecule has 1 atom stereocenters. The van der Waals surface area contributed by atoms with E-state index in [9.17, 15) is 4.79 Å². The highest BCUT2D eigenvalue weighted by Crippen LogP contribution is 2.35. The molecule has 19 heavy (non-hydrogen) atoms. The molecule has 0 N–H and O–H groups in total. The minimum Gasteiger partial charge on any atom is -0.328 e. The Bertz CT molecular complexity index is 549. The second-order valence-electron chi connectivity index (χ2n) is 4.54. The highest BCUT2D eigenvalue weighted by molar-refractivity contribution is 8.13. The summed E-state index contributed by atoms with van der Waals surface area (Å²) in [6.07, 6.45) is 2.00. The highest BCUT2D eigenvalue weighted by atomic mass is 32.2. The van der Waals surface area contributed by atoms with E-state index >= 15 is 0 Å². The van der Waals surface area contributed by atoms with Gasteiger partial charge < -0.3 is 4.90 Å². The molecule has 0 aromatic heterocycles. The van der Waals surface area contributed by atoms with E-state index in [1.807, 2.05) is 55.5 Å². The number of allylic oxidation sites excluding steroid dienone is 1. The third-order valence-electron chi connectivity index (χ3n) is 3.37. The monoisotopic (exact) mass is 274 g/mol. The van der Waals surface area contributed by atoms with Crippen molar-refractivity contribution in [3.63, 3.8) is 0 Å². The summed E-state index contributed by atoms with van der Waals surface area (Å²) in [6, 6.07) is 9.80. The van der Waals surface area contributed by atoms with Crippen molar-refractivity contribution in [3.8, 4) is 0 Å². The summed E-state index contributed by atoms with van der Waals surface area (Å²) in [4.78, 5) is 18.7. The molecule has 1 aliphatic heterocycles. The molecule has 3 nitrogen and oxygen atoms in total. The quantitative estimate of drug-likeness (QED) is 0.830. The molecule has 1 aromatic rings. The first kappa shape index (κ1) is 13.9. The lowest BCUT2D eigenvalue weighted by atomic mass is 9.94. The van der Waals surface area contributed by atoms with E-state index in [-0.39, 0.29) is 11.8 Å². The molecule has 0 fully saturated rings. The zero-order valence-corrected chi connectivity index (χ0v) is 12.5. The van der Waals surface area contributed by atoms with Crippen LogP contribution in [0.3, 0.4) is 0 Å². The predicted molar refractivity (Wildman–Crippen MR) is 81.3 cm³/mol. The van der Waals surface area contributed by atoms with E-state index in [0.717, 1.165) is 22.0 Å². The normalized spacial score (nSPS) is 19.5. The van der Waals surface area contributed by atoms with Gasteiger partial charge in [-0.2, -0.15) is 0 Å². The third kappa shape index (κ3) is 2.59. The molecular formula is C15H18N2OS. The second-order valence-corrected chi connectivity index (χ2v) is 5.32. The average molecular weight is 274 g/mol. The van der Waals surface area contributed by atoms with Gasteiger partial charge >= 0.3 is 0 Å². The van der Waals surface area contributed by atoms with Crippen molar-refractivity contribution in [2.45, 2.75) is 19.9 Å². The van der Waals surface area contributed by atoms with Crippen LogP contribution in [0.15, 0.2) is 46.6 Å². The molecule has 0 aliphatic carbocycles. The lowest BCUT2D eigenvalue weighted by Crippen LogP contribution is -2.31. The summed E-state index contributed by atoms with van der Waals surface area (Å²) >= 11 is 1.60. The third-order valence-corrected chi connectivity index (χ3v) is 4.11. The van der Waals surface area contributed by atoms with Gasteiger partial charge in [-0.3, -0.25) is 4.79 Å². The molecule has 0 amide bonds. The Labute approximate surface area is 118 Å². The summed E-state index contributed by atoms with van der Waals surface area (Å²) < 4.78 is 0. The van der Waals surface area contributed by atoms with E-state index in [2.05, 4.69) is 0 Å². The van der Waals surface area contributed by atoms with Crippen LogP contribution in [0.1, 0.15) is 25.5 Å². The van der Waals surface area contributed by atoms with Crippen LogP contribution in [0.25, 0.3) is 0 Å². The fourth-order valence-corrected chi connectivity index (χ4v) is 2.92. The summed E-state index contributed by atoms with van der Waals surface area (Å²) in [5.74, 6) is 0.0853. The Kier molecular flexibility index (Phi) is 4.10. The molecule has 0 radical (unpaired) electrons. The standard InChI is InChI=1S/C15H18N2OS/c1-10-13(11(2)18)14(12-8-6-5-7-9-12)16-15(19-4)17(10)3/h5-9,14H,1-4H3/t14-/m0/s1. The lowest BCUT2D eigenvalue weighted by Gasteiger charge is -2.31. The van der Waals surface area contributed by atoms with Gasteiger partial charge in [-0.15, -0.1) is 0 Å². The maximum absolute atomic E-state index is 12.0. The van der Waals surface area contributed by atoms with Crippen LogP contribution in [0, 0.1) is 0 Å². The maximum Gasteiger partial charge on any atom is 0.163 e. The second kappa shape index (κ2) is 5.61. The van der Waals surface area contributed by atoms with Crippen molar-refractivity contribution in [1.82, 2.24) is 4.90 Å². The zero-order chi connectivity index (χ0) is 14.0. The number of aliphatic imine (C=N–C) groups is 1. The molecule has 1 aromatic carbocycles. The van der Waals surface area contributed by atoms with Crippen LogP contribution in [0.2, 0.25) is 0 Å². The number of ketones is 1. The minimum atomic E-state index is -0.183. The van der Waals surface area contributed by atoms with Crippen LogP contribution in [0.5, 0.6) is 0 Å². The van der Waals surface area contributed by atoms with E-state index in [1.54, 1.807) is 18.7 Å². The van der Waals surface area contributed by atoms with Gasteiger partial charge in [0.15, 0.2) is 11.0 Å². The molecule has 4 heteroatoms.